The van der Waals surface area contributed by atoms with E-state index in [-0.39, 0.29) is 12.0 Å². The van der Waals surface area contributed by atoms with Crippen LogP contribution in [-0.4, -0.2) is 57.0 Å². The average Bonchev–Trinajstić information content (AvgIpc) is 3.17. The number of ether oxygens (including phenoxy) is 1. The quantitative estimate of drug-likeness (QED) is 0.860. The third kappa shape index (κ3) is 3.65. The van der Waals surface area contributed by atoms with E-state index in [0.717, 1.165) is 35.7 Å². The van der Waals surface area contributed by atoms with Gasteiger partial charge in [-0.2, -0.15) is 10.2 Å². The number of aryl methyl sites for hydroxylation is 3. The molecular formula is C16H24N6O2. The van der Waals surface area contributed by atoms with Crippen LogP contribution in [0.25, 0.3) is 0 Å². The van der Waals surface area contributed by atoms with Gasteiger partial charge in [-0.25, -0.2) is 0 Å². The van der Waals surface area contributed by atoms with Crippen molar-refractivity contribution < 1.29 is 9.53 Å². The molecule has 24 heavy (non-hydrogen) atoms. The van der Waals surface area contributed by atoms with Gasteiger partial charge in [-0.3, -0.25) is 19.5 Å². The molecule has 8 heteroatoms. The van der Waals surface area contributed by atoms with Gasteiger partial charge in [-0.1, -0.05) is 0 Å². The number of nitrogens with zero attached hydrogens (tertiary/aromatic N) is 4. The van der Waals surface area contributed by atoms with Gasteiger partial charge in [0.1, 0.15) is 0 Å². The van der Waals surface area contributed by atoms with Crippen molar-refractivity contribution in [3.05, 3.63) is 29.3 Å². The minimum Gasteiger partial charge on any atom is -0.371 e. The van der Waals surface area contributed by atoms with Crippen LogP contribution in [-0.2, 0) is 16.1 Å². The normalized spacial score (nSPS) is 18.7. The molecule has 0 unspecified atom stereocenters. The highest BCUT2D eigenvalue weighted by molar-refractivity contribution is 5.93. The van der Waals surface area contributed by atoms with E-state index in [9.17, 15) is 4.79 Å². The number of amides is 1. The number of hydrogen-bond donors (Lipinski definition) is 2. The number of aromatic amines is 1. The lowest BCUT2D eigenvalue weighted by Gasteiger charge is -2.31. The van der Waals surface area contributed by atoms with Gasteiger partial charge in [0.15, 0.2) is 0 Å². The molecule has 2 aromatic rings. The largest absolute Gasteiger partial charge is 0.371 e. The molecule has 2 aromatic heterocycles. The van der Waals surface area contributed by atoms with E-state index < -0.39 is 0 Å². The number of hydrogen-bond acceptors (Lipinski definition) is 5. The average molecular weight is 332 g/mol. The summed E-state index contributed by atoms with van der Waals surface area (Å²) in [4.78, 5) is 14.4. The summed E-state index contributed by atoms with van der Waals surface area (Å²) in [6.45, 7) is 9.03. The van der Waals surface area contributed by atoms with Crippen molar-refractivity contribution >= 4 is 11.6 Å². The molecule has 0 bridgehead atoms. The second-order valence-electron chi connectivity index (χ2n) is 6.08. The van der Waals surface area contributed by atoms with Crippen molar-refractivity contribution in [1.82, 2.24) is 24.9 Å². The number of rotatable bonds is 5. The highest BCUT2D eigenvalue weighted by Crippen LogP contribution is 2.22. The standard InChI is InChI=1S/C16H24N6O2/c1-4-22-8-13(7-17-22)14-9-21(5-6-24-14)10-15(23)18-16-11(2)19-20-12(16)3/h7-8,14H,4-6,9-10H2,1-3H3,(H,18,23)(H,19,20)/t14-/m1/s1. The van der Waals surface area contributed by atoms with Crippen LogP contribution in [0, 0.1) is 13.8 Å². The van der Waals surface area contributed by atoms with E-state index in [1.165, 1.54) is 0 Å². The predicted molar refractivity (Wildman–Crippen MR) is 89.7 cm³/mol. The van der Waals surface area contributed by atoms with E-state index in [0.29, 0.717) is 19.7 Å². The molecule has 1 aliphatic heterocycles. The van der Waals surface area contributed by atoms with Gasteiger partial charge in [-0.05, 0) is 20.8 Å². The fraction of sp³-hybridized carbons (Fsp3) is 0.562. The Labute approximate surface area is 141 Å². The zero-order valence-electron chi connectivity index (χ0n) is 14.4. The Morgan fingerprint density at radius 1 is 1.50 bits per heavy atom. The van der Waals surface area contributed by atoms with E-state index in [1.807, 2.05) is 30.9 Å². The summed E-state index contributed by atoms with van der Waals surface area (Å²) in [6, 6.07) is 0. The number of anilines is 1. The predicted octanol–water partition coefficient (Wildman–Crippen LogP) is 1.25. The third-order valence-corrected chi connectivity index (χ3v) is 4.26. The van der Waals surface area contributed by atoms with Crippen LogP contribution in [0.5, 0.6) is 0 Å². The van der Waals surface area contributed by atoms with E-state index >= 15 is 0 Å². The van der Waals surface area contributed by atoms with Crippen molar-refractivity contribution in [3.8, 4) is 0 Å². The Morgan fingerprint density at radius 2 is 2.33 bits per heavy atom. The lowest BCUT2D eigenvalue weighted by Crippen LogP contribution is -2.42. The Balaban J connectivity index is 1.58. The smallest absolute Gasteiger partial charge is 0.238 e. The number of morpholine rings is 1. The van der Waals surface area contributed by atoms with Crippen molar-refractivity contribution in [1.29, 1.82) is 0 Å². The zero-order chi connectivity index (χ0) is 17.1. The maximum absolute atomic E-state index is 12.3. The molecule has 1 atom stereocenters. The zero-order valence-corrected chi connectivity index (χ0v) is 14.4. The lowest BCUT2D eigenvalue weighted by molar-refractivity contribution is -0.119. The highest BCUT2D eigenvalue weighted by atomic mass is 16.5. The van der Waals surface area contributed by atoms with Crippen LogP contribution in [0.1, 0.15) is 30.0 Å². The summed E-state index contributed by atoms with van der Waals surface area (Å²) in [5.74, 6) is -0.0347. The molecule has 2 N–H and O–H groups in total. The molecule has 8 nitrogen and oxygen atoms in total. The Morgan fingerprint density at radius 3 is 3.00 bits per heavy atom. The summed E-state index contributed by atoms with van der Waals surface area (Å²) in [6.07, 6.45) is 3.81. The van der Waals surface area contributed by atoms with Crippen molar-refractivity contribution in [2.24, 2.45) is 0 Å². The fourth-order valence-electron chi connectivity index (χ4n) is 2.88. The van der Waals surface area contributed by atoms with E-state index in [2.05, 4.69) is 32.4 Å². The highest BCUT2D eigenvalue weighted by Gasteiger charge is 2.25. The van der Waals surface area contributed by atoms with Crippen molar-refractivity contribution in [2.75, 3.05) is 31.6 Å². The number of nitrogens with one attached hydrogen (secondary N) is 2. The first-order valence-corrected chi connectivity index (χ1v) is 8.24. The summed E-state index contributed by atoms with van der Waals surface area (Å²) < 4.78 is 7.72. The summed E-state index contributed by atoms with van der Waals surface area (Å²) in [5.41, 5.74) is 3.50. The molecule has 3 heterocycles. The second kappa shape index (κ2) is 7.14. The number of carbonyl (C=O) groups excluding carboxylic acids is 1. The maximum Gasteiger partial charge on any atom is 0.238 e. The molecular weight excluding hydrogens is 308 g/mol. The molecule has 0 aliphatic carbocycles. The molecule has 0 aromatic carbocycles. The first-order chi connectivity index (χ1) is 11.6. The van der Waals surface area contributed by atoms with Crippen LogP contribution < -0.4 is 5.32 Å². The van der Waals surface area contributed by atoms with Crippen molar-refractivity contribution in [3.63, 3.8) is 0 Å². The number of H-pyrrole nitrogens is 1. The molecule has 0 radical (unpaired) electrons. The lowest BCUT2D eigenvalue weighted by atomic mass is 10.1. The minimum atomic E-state index is -0.0377. The fourth-order valence-corrected chi connectivity index (χ4v) is 2.88. The van der Waals surface area contributed by atoms with Gasteiger partial charge in [-0.15, -0.1) is 0 Å². The van der Waals surface area contributed by atoms with Gasteiger partial charge in [0.05, 0.1) is 42.5 Å². The van der Waals surface area contributed by atoms with E-state index in [4.69, 9.17) is 4.74 Å². The summed E-state index contributed by atoms with van der Waals surface area (Å²) in [7, 11) is 0. The Bertz CT molecular complexity index is 688. The Hall–Kier alpha value is -2.19. The first-order valence-electron chi connectivity index (χ1n) is 8.24. The minimum absolute atomic E-state index is 0.0347. The van der Waals surface area contributed by atoms with E-state index in [1.54, 1.807) is 0 Å². The molecule has 1 aliphatic rings. The summed E-state index contributed by atoms with van der Waals surface area (Å²) >= 11 is 0. The maximum atomic E-state index is 12.3. The van der Waals surface area contributed by atoms with Gasteiger partial charge in [0.2, 0.25) is 5.91 Å². The Kier molecular flexibility index (Phi) is 4.96. The second-order valence-corrected chi connectivity index (χ2v) is 6.08. The van der Waals surface area contributed by atoms with Crippen LogP contribution in [0.3, 0.4) is 0 Å². The molecule has 1 amide bonds. The summed E-state index contributed by atoms with van der Waals surface area (Å²) in [5, 5.41) is 14.2. The number of aromatic nitrogens is 4. The number of carbonyl (C=O) groups is 1. The SMILES string of the molecule is CCn1cc([C@H]2CN(CC(=O)Nc3c(C)n[nH]c3C)CCO2)cn1. The van der Waals surface area contributed by atoms with Crippen LogP contribution in [0.15, 0.2) is 12.4 Å². The van der Waals surface area contributed by atoms with Crippen LogP contribution in [0.4, 0.5) is 5.69 Å². The monoisotopic (exact) mass is 332 g/mol. The van der Waals surface area contributed by atoms with Crippen LogP contribution >= 0.6 is 0 Å². The van der Waals surface area contributed by atoms with Gasteiger partial charge in [0.25, 0.3) is 0 Å². The first kappa shape index (κ1) is 16.7. The molecule has 0 spiro atoms. The molecule has 130 valence electrons. The van der Waals surface area contributed by atoms with Crippen molar-refractivity contribution in [2.45, 2.75) is 33.4 Å². The molecule has 1 saturated heterocycles. The van der Waals surface area contributed by atoms with Crippen LogP contribution in [0.2, 0.25) is 0 Å². The third-order valence-electron chi connectivity index (χ3n) is 4.26. The topological polar surface area (TPSA) is 88.1 Å². The molecule has 0 saturated carbocycles. The van der Waals surface area contributed by atoms with Gasteiger partial charge >= 0.3 is 0 Å². The van der Waals surface area contributed by atoms with Gasteiger partial charge < -0.3 is 10.1 Å². The molecule has 3 rings (SSSR count). The van der Waals surface area contributed by atoms with Gasteiger partial charge in [0, 0.05) is 31.4 Å². The molecule has 1 fully saturated rings.